The molecule has 0 N–H and O–H groups in total. The number of hydrogen-bond acceptors (Lipinski definition) is 2. The van der Waals surface area contributed by atoms with Gasteiger partial charge in [0.2, 0.25) is 0 Å². The van der Waals surface area contributed by atoms with E-state index in [4.69, 9.17) is 0 Å². The summed E-state index contributed by atoms with van der Waals surface area (Å²) in [6.07, 6.45) is 43.2. The van der Waals surface area contributed by atoms with E-state index in [2.05, 4.69) is 9.80 Å². The zero-order chi connectivity index (χ0) is 27.9. The fraction of sp³-hybridized carbons (Fsp3) is 1.00. The summed E-state index contributed by atoms with van der Waals surface area (Å²) in [5.41, 5.74) is 0. The van der Waals surface area contributed by atoms with Gasteiger partial charge in [0.05, 0.1) is 0 Å². The Morgan fingerprint density at radius 3 is 0.905 bits per heavy atom. The van der Waals surface area contributed by atoms with Gasteiger partial charge < -0.3 is 0 Å². The first-order chi connectivity index (χ1) is 20.9. The fourth-order valence-corrected chi connectivity index (χ4v) is 14.2. The standard InChI is InChI=1S/C40H68N2/c1-5-17-31(18-6-1)41(32-19-7-2-8-20-32)37-27-29-15-14-26-36-38(28-30-16-13-25-35(37)39(30)40(29)36)42(33-21-9-3-10-22-33)34-23-11-4-12-24-34/h29-40H,1-28H2. The molecular formula is C40H68N2. The maximum Gasteiger partial charge on any atom is 0.0135 e. The van der Waals surface area contributed by atoms with Crippen LogP contribution in [0.1, 0.15) is 180 Å². The van der Waals surface area contributed by atoms with Crippen LogP contribution in [0.15, 0.2) is 0 Å². The highest BCUT2D eigenvalue weighted by Crippen LogP contribution is 2.62. The lowest BCUT2D eigenvalue weighted by Gasteiger charge is -2.66. The molecule has 0 aliphatic heterocycles. The molecule has 8 saturated carbocycles. The number of rotatable bonds is 6. The summed E-state index contributed by atoms with van der Waals surface area (Å²) in [7, 11) is 0. The average Bonchev–Trinajstić information content (AvgIpc) is 3.06. The third-order valence-electron chi connectivity index (χ3n) is 15.6. The van der Waals surface area contributed by atoms with Crippen molar-refractivity contribution in [1.82, 2.24) is 9.80 Å². The molecule has 8 atom stereocenters. The van der Waals surface area contributed by atoms with E-state index in [1.807, 2.05) is 0 Å². The maximum atomic E-state index is 3.37. The van der Waals surface area contributed by atoms with Crippen molar-refractivity contribution in [2.45, 2.75) is 216 Å². The predicted octanol–water partition coefficient (Wildman–Crippen LogP) is 10.5. The first-order valence-electron chi connectivity index (χ1n) is 20.4. The van der Waals surface area contributed by atoms with Crippen molar-refractivity contribution in [2.75, 3.05) is 0 Å². The molecule has 8 rings (SSSR count). The average molecular weight is 577 g/mol. The molecule has 0 bridgehead atoms. The molecule has 42 heavy (non-hydrogen) atoms. The van der Waals surface area contributed by atoms with Gasteiger partial charge in [0.1, 0.15) is 0 Å². The van der Waals surface area contributed by atoms with Gasteiger partial charge in [0.15, 0.2) is 0 Å². The third-order valence-corrected chi connectivity index (χ3v) is 15.6. The van der Waals surface area contributed by atoms with Crippen LogP contribution in [0.4, 0.5) is 0 Å². The smallest absolute Gasteiger partial charge is 0.0135 e. The minimum Gasteiger partial charge on any atom is -0.294 e. The van der Waals surface area contributed by atoms with Crippen molar-refractivity contribution >= 4 is 0 Å². The maximum absolute atomic E-state index is 3.37. The Bertz CT molecular complexity index is 740. The Hall–Kier alpha value is -0.0800. The van der Waals surface area contributed by atoms with Crippen LogP contribution in [0.5, 0.6) is 0 Å². The molecule has 0 aromatic heterocycles. The zero-order valence-electron chi connectivity index (χ0n) is 27.6. The summed E-state index contributed by atoms with van der Waals surface area (Å²) in [5.74, 6) is 6.42. The molecule has 0 radical (unpaired) electrons. The second kappa shape index (κ2) is 13.3. The zero-order valence-corrected chi connectivity index (χ0v) is 27.6. The minimum atomic E-state index is 0.938. The second-order valence-electron chi connectivity index (χ2n) is 17.5. The summed E-state index contributed by atoms with van der Waals surface area (Å²) >= 11 is 0. The van der Waals surface area contributed by atoms with Gasteiger partial charge in [-0.15, -0.1) is 0 Å². The largest absolute Gasteiger partial charge is 0.294 e. The van der Waals surface area contributed by atoms with Crippen LogP contribution in [0.3, 0.4) is 0 Å². The van der Waals surface area contributed by atoms with Crippen molar-refractivity contribution in [1.29, 1.82) is 0 Å². The minimum absolute atomic E-state index is 0.938. The van der Waals surface area contributed by atoms with Gasteiger partial charge in [-0.3, -0.25) is 9.80 Å². The van der Waals surface area contributed by atoms with Crippen molar-refractivity contribution in [3.05, 3.63) is 0 Å². The first-order valence-corrected chi connectivity index (χ1v) is 20.4. The molecule has 0 aromatic carbocycles. The number of hydrogen-bond donors (Lipinski definition) is 0. The Morgan fingerprint density at radius 2 is 0.595 bits per heavy atom. The number of nitrogens with zero attached hydrogens (tertiary/aromatic N) is 2. The summed E-state index contributed by atoms with van der Waals surface area (Å²) < 4.78 is 0. The van der Waals surface area contributed by atoms with Crippen LogP contribution in [0.2, 0.25) is 0 Å². The van der Waals surface area contributed by atoms with E-state index < -0.39 is 0 Å². The highest BCUT2D eigenvalue weighted by Gasteiger charge is 2.59. The molecule has 2 heteroatoms. The Labute approximate surface area is 260 Å². The topological polar surface area (TPSA) is 6.48 Å². The van der Waals surface area contributed by atoms with Gasteiger partial charge in [0, 0.05) is 36.3 Å². The molecule has 8 aliphatic rings. The Kier molecular flexibility index (Phi) is 9.32. The van der Waals surface area contributed by atoms with Crippen LogP contribution >= 0.6 is 0 Å². The van der Waals surface area contributed by atoms with Gasteiger partial charge in [-0.1, -0.05) is 103 Å². The lowest BCUT2D eigenvalue weighted by molar-refractivity contribution is -0.162. The molecule has 2 nitrogen and oxygen atoms in total. The van der Waals surface area contributed by atoms with Crippen molar-refractivity contribution < 1.29 is 0 Å². The van der Waals surface area contributed by atoms with E-state index in [1.165, 1.54) is 128 Å². The highest BCUT2D eigenvalue weighted by atomic mass is 15.2. The SMILES string of the molecule is C1CCC(N(C2CCCCC2)C2CC3CCCC4C3C3C(CCCC32)CC4N(C2CCCCC2)C2CCCCC2)CC1. The summed E-state index contributed by atoms with van der Waals surface area (Å²) in [4.78, 5) is 6.74. The van der Waals surface area contributed by atoms with Gasteiger partial charge in [-0.2, -0.15) is 0 Å². The van der Waals surface area contributed by atoms with Gasteiger partial charge in [-0.25, -0.2) is 0 Å². The van der Waals surface area contributed by atoms with Crippen molar-refractivity contribution in [2.24, 2.45) is 35.5 Å². The molecule has 8 unspecified atom stereocenters. The normalized spacial score (nSPS) is 43.0. The van der Waals surface area contributed by atoms with Crippen LogP contribution in [-0.4, -0.2) is 46.1 Å². The van der Waals surface area contributed by atoms with E-state index in [-0.39, 0.29) is 0 Å². The molecule has 0 spiro atoms. The summed E-state index contributed by atoms with van der Waals surface area (Å²) in [5, 5.41) is 0. The molecule has 0 aromatic rings. The second-order valence-corrected chi connectivity index (χ2v) is 17.5. The molecular weight excluding hydrogens is 508 g/mol. The molecule has 0 amide bonds. The van der Waals surface area contributed by atoms with Crippen LogP contribution < -0.4 is 0 Å². The van der Waals surface area contributed by atoms with Crippen molar-refractivity contribution in [3.8, 4) is 0 Å². The van der Waals surface area contributed by atoms with E-state index in [0.717, 1.165) is 71.8 Å². The Balaban J connectivity index is 1.11. The lowest BCUT2D eigenvalue weighted by atomic mass is 9.45. The summed E-state index contributed by atoms with van der Waals surface area (Å²) in [6.45, 7) is 0. The van der Waals surface area contributed by atoms with E-state index in [9.17, 15) is 0 Å². The van der Waals surface area contributed by atoms with E-state index >= 15 is 0 Å². The quantitative estimate of drug-likeness (QED) is 0.310. The van der Waals surface area contributed by atoms with Crippen LogP contribution in [0.25, 0.3) is 0 Å². The fourth-order valence-electron chi connectivity index (χ4n) is 14.2. The van der Waals surface area contributed by atoms with Gasteiger partial charge in [-0.05, 0) is 113 Å². The van der Waals surface area contributed by atoms with Crippen LogP contribution in [0, 0.1) is 35.5 Å². The molecule has 0 saturated heterocycles. The van der Waals surface area contributed by atoms with Gasteiger partial charge in [0.25, 0.3) is 0 Å². The molecule has 0 heterocycles. The lowest BCUT2D eigenvalue weighted by Crippen LogP contribution is -2.66. The van der Waals surface area contributed by atoms with E-state index in [0.29, 0.717) is 0 Å². The summed E-state index contributed by atoms with van der Waals surface area (Å²) in [6, 6.07) is 5.65. The third kappa shape index (κ3) is 5.60. The molecule has 8 fully saturated rings. The first kappa shape index (κ1) is 29.3. The van der Waals surface area contributed by atoms with Gasteiger partial charge >= 0.3 is 0 Å². The highest BCUT2D eigenvalue weighted by molar-refractivity contribution is 5.11. The van der Waals surface area contributed by atoms with Crippen molar-refractivity contribution in [3.63, 3.8) is 0 Å². The van der Waals surface area contributed by atoms with E-state index in [1.54, 1.807) is 51.4 Å². The van der Waals surface area contributed by atoms with Crippen LogP contribution in [-0.2, 0) is 0 Å². The molecule has 8 aliphatic carbocycles. The monoisotopic (exact) mass is 577 g/mol. The molecule has 238 valence electrons. The predicted molar refractivity (Wildman–Crippen MR) is 177 cm³/mol. The Morgan fingerprint density at radius 1 is 0.286 bits per heavy atom.